The first-order valence-corrected chi connectivity index (χ1v) is 11.0. The highest BCUT2D eigenvalue weighted by Gasteiger charge is 2.21. The van der Waals surface area contributed by atoms with Gasteiger partial charge in [0.15, 0.2) is 11.6 Å². The molecular formula is C22H22FN7S. The first-order valence-electron chi connectivity index (χ1n) is 10.2. The summed E-state index contributed by atoms with van der Waals surface area (Å²) in [5.41, 5.74) is 2.57. The molecule has 7 nitrogen and oxygen atoms in total. The molecule has 4 aromatic rings. The lowest BCUT2D eigenvalue weighted by molar-refractivity contribution is 0.612. The number of fused-ring (bicyclic) bond motifs is 1. The number of halogens is 1. The Morgan fingerprint density at radius 2 is 2.06 bits per heavy atom. The van der Waals surface area contributed by atoms with Gasteiger partial charge in [0.1, 0.15) is 0 Å². The summed E-state index contributed by atoms with van der Waals surface area (Å²) in [5.74, 6) is 0.0759. The van der Waals surface area contributed by atoms with Gasteiger partial charge in [-0.1, -0.05) is 12.1 Å². The van der Waals surface area contributed by atoms with Crippen LogP contribution in [0.3, 0.4) is 0 Å². The summed E-state index contributed by atoms with van der Waals surface area (Å²) >= 11 is 1.62. The lowest BCUT2D eigenvalue weighted by Gasteiger charge is -2.23. The van der Waals surface area contributed by atoms with E-state index >= 15 is 0 Å². The van der Waals surface area contributed by atoms with Crippen LogP contribution in [0.25, 0.3) is 10.9 Å². The summed E-state index contributed by atoms with van der Waals surface area (Å²) in [6, 6.07) is 14.4. The van der Waals surface area contributed by atoms with Crippen LogP contribution in [-0.2, 0) is 0 Å². The highest BCUT2D eigenvalue weighted by molar-refractivity contribution is 7.97. The number of anilines is 4. The highest BCUT2D eigenvalue weighted by atomic mass is 32.2. The van der Waals surface area contributed by atoms with Gasteiger partial charge in [-0.2, -0.15) is 10.1 Å². The highest BCUT2D eigenvalue weighted by Crippen LogP contribution is 2.32. The van der Waals surface area contributed by atoms with E-state index in [0.29, 0.717) is 18.5 Å². The van der Waals surface area contributed by atoms with E-state index in [0.717, 1.165) is 27.2 Å². The van der Waals surface area contributed by atoms with Crippen molar-refractivity contribution >= 4 is 46.0 Å². The second kappa shape index (κ2) is 8.52. The molecule has 0 saturated heterocycles. The molecule has 2 heterocycles. The van der Waals surface area contributed by atoms with Crippen LogP contribution in [0.4, 0.5) is 27.5 Å². The fourth-order valence-corrected chi connectivity index (χ4v) is 4.22. The van der Waals surface area contributed by atoms with E-state index < -0.39 is 5.82 Å². The van der Waals surface area contributed by atoms with Gasteiger partial charge < -0.3 is 10.2 Å². The fraction of sp³-hybridized carbons (Fsp3) is 0.227. The first-order chi connectivity index (χ1) is 15.2. The first kappa shape index (κ1) is 19.8. The SMILES string of the molecule is CCN(c1nc(Nc2cccc(SNC3CC3)c2)ncc1F)c1cccc2[nH]ncc12. The van der Waals surface area contributed by atoms with Gasteiger partial charge >= 0.3 is 0 Å². The molecule has 2 aromatic carbocycles. The number of aromatic nitrogens is 4. The Morgan fingerprint density at radius 3 is 2.90 bits per heavy atom. The van der Waals surface area contributed by atoms with E-state index in [2.05, 4.69) is 30.2 Å². The summed E-state index contributed by atoms with van der Waals surface area (Å²) in [6.45, 7) is 2.50. The summed E-state index contributed by atoms with van der Waals surface area (Å²) < 4.78 is 18.2. The molecule has 0 aliphatic heterocycles. The zero-order valence-corrected chi connectivity index (χ0v) is 17.8. The Kier molecular flexibility index (Phi) is 5.44. The van der Waals surface area contributed by atoms with Crippen molar-refractivity contribution in [3.63, 3.8) is 0 Å². The molecule has 31 heavy (non-hydrogen) atoms. The van der Waals surface area contributed by atoms with Crippen molar-refractivity contribution in [2.24, 2.45) is 0 Å². The standard InChI is InChI=1S/C22H22FN7S/c1-2-30(20-8-4-7-19-17(20)12-25-28-19)21-18(23)13-24-22(27-21)26-15-5-3-6-16(11-15)31-29-14-9-10-14/h3-8,11-14,29H,2,9-10H2,1H3,(H,25,28)(H,24,26,27). The van der Waals surface area contributed by atoms with Crippen LogP contribution in [0.2, 0.25) is 0 Å². The number of nitrogens with zero attached hydrogens (tertiary/aromatic N) is 4. The van der Waals surface area contributed by atoms with Gasteiger partial charge in [-0.05, 0) is 62.0 Å². The number of rotatable bonds is 8. The zero-order chi connectivity index (χ0) is 21.2. The van der Waals surface area contributed by atoms with E-state index in [1.807, 2.05) is 54.3 Å². The number of H-pyrrole nitrogens is 1. The van der Waals surface area contributed by atoms with Crippen molar-refractivity contribution in [3.05, 3.63) is 60.7 Å². The molecule has 5 rings (SSSR count). The average molecular weight is 436 g/mol. The predicted molar refractivity (Wildman–Crippen MR) is 123 cm³/mol. The molecular weight excluding hydrogens is 413 g/mol. The maximum absolute atomic E-state index is 14.8. The third-order valence-electron chi connectivity index (χ3n) is 5.06. The van der Waals surface area contributed by atoms with Gasteiger partial charge in [0.2, 0.25) is 5.95 Å². The second-order valence-corrected chi connectivity index (χ2v) is 8.28. The third kappa shape index (κ3) is 4.33. The fourth-order valence-electron chi connectivity index (χ4n) is 3.35. The Balaban J connectivity index is 1.42. The van der Waals surface area contributed by atoms with Crippen molar-refractivity contribution in [3.8, 4) is 0 Å². The molecule has 0 radical (unpaired) electrons. The molecule has 0 atom stereocenters. The number of benzene rings is 2. The molecule has 0 unspecified atom stereocenters. The minimum absolute atomic E-state index is 0.217. The predicted octanol–water partition coefficient (Wildman–Crippen LogP) is 5.15. The zero-order valence-electron chi connectivity index (χ0n) is 17.0. The van der Waals surface area contributed by atoms with E-state index in [1.165, 1.54) is 19.0 Å². The monoisotopic (exact) mass is 435 g/mol. The molecule has 0 amide bonds. The topological polar surface area (TPSA) is 81.8 Å². The molecule has 9 heteroatoms. The van der Waals surface area contributed by atoms with Crippen LogP contribution < -0.4 is 14.9 Å². The maximum Gasteiger partial charge on any atom is 0.229 e. The van der Waals surface area contributed by atoms with Crippen LogP contribution >= 0.6 is 11.9 Å². The number of hydrogen-bond acceptors (Lipinski definition) is 7. The van der Waals surface area contributed by atoms with E-state index in [1.54, 1.807) is 18.1 Å². The summed E-state index contributed by atoms with van der Waals surface area (Å²) in [6.07, 6.45) is 5.41. The summed E-state index contributed by atoms with van der Waals surface area (Å²) in [7, 11) is 0. The Bertz CT molecular complexity index is 1210. The molecule has 2 aromatic heterocycles. The minimum atomic E-state index is -0.481. The van der Waals surface area contributed by atoms with Crippen LogP contribution in [0, 0.1) is 5.82 Å². The lowest BCUT2D eigenvalue weighted by Crippen LogP contribution is -2.20. The Hall–Kier alpha value is -3.17. The molecule has 1 saturated carbocycles. The van der Waals surface area contributed by atoms with Crippen LogP contribution in [0.1, 0.15) is 19.8 Å². The molecule has 0 spiro atoms. The minimum Gasteiger partial charge on any atom is -0.324 e. The van der Waals surface area contributed by atoms with Crippen molar-refractivity contribution in [2.75, 3.05) is 16.8 Å². The molecule has 1 fully saturated rings. The van der Waals surface area contributed by atoms with Gasteiger partial charge in [-0.3, -0.25) is 9.82 Å². The van der Waals surface area contributed by atoms with Gasteiger partial charge in [0.25, 0.3) is 0 Å². The lowest BCUT2D eigenvalue weighted by atomic mass is 10.2. The van der Waals surface area contributed by atoms with E-state index in [4.69, 9.17) is 0 Å². The number of aromatic amines is 1. The van der Waals surface area contributed by atoms with E-state index in [9.17, 15) is 4.39 Å². The molecule has 1 aliphatic carbocycles. The average Bonchev–Trinajstić information content (AvgIpc) is 3.49. The van der Waals surface area contributed by atoms with Crippen molar-refractivity contribution in [1.29, 1.82) is 0 Å². The Morgan fingerprint density at radius 1 is 1.19 bits per heavy atom. The molecule has 158 valence electrons. The van der Waals surface area contributed by atoms with Gasteiger partial charge in [0.05, 0.1) is 23.6 Å². The quantitative estimate of drug-likeness (QED) is 0.330. The van der Waals surface area contributed by atoms with Gasteiger partial charge in [-0.25, -0.2) is 9.37 Å². The second-order valence-electron chi connectivity index (χ2n) is 7.36. The number of hydrogen-bond donors (Lipinski definition) is 3. The molecule has 0 bridgehead atoms. The smallest absolute Gasteiger partial charge is 0.229 e. The normalized spacial score (nSPS) is 13.5. The summed E-state index contributed by atoms with van der Waals surface area (Å²) in [5, 5.41) is 11.2. The van der Waals surface area contributed by atoms with Gasteiger partial charge in [0, 0.05) is 28.6 Å². The number of nitrogens with one attached hydrogen (secondary N) is 3. The Labute approximate surface area is 183 Å². The maximum atomic E-state index is 14.8. The van der Waals surface area contributed by atoms with Crippen molar-refractivity contribution in [1.82, 2.24) is 24.9 Å². The summed E-state index contributed by atoms with van der Waals surface area (Å²) in [4.78, 5) is 11.6. The van der Waals surface area contributed by atoms with E-state index in [-0.39, 0.29) is 5.82 Å². The van der Waals surface area contributed by atoms with Gasteiger partial charge in [-0.15, -0.1) is 0 Å². The van der Waals surface area contributed by atoms with Crippen LogP contribution in [0.15, 0.2) is 59.8 Å². The van der Waals surface area contributed by atoms with Crippen LogP contribution in [-0.4, -0.2) is 32.8 Å². The molecule has 1 aliphatic rings. The largest absolute Gasteiger partial charge is 0.324 e. The molecule has 3 N–H and O–H groups in total. The third-order valence-corrected chi connectivity index (χ3v) is 6.00. The van der Waals surface area contributed by atoms with Crippen LogP contribution in [0.5, 0.6) is 0 Å². The van der Waals surface area contributed by atoms with Crippen molar-refractivity contribution in [2.45, 2.75) is 30.7 Å². The van der Waals surface area contributed by atoms with Crippen molar-refractivity contribution < 1.29 is 4.39 Å².